The van der Waals surface area contributed by atoms with E-state index >= 15 is 0 Å². The highest BCUT2D eigenvalue weighted by Gasteiger charge is 2.12. The third-order valence-electron chi connectivity index (χ3n) is 2.10. The van der Waals surface area contributed by atoms with Crippen molar-refractivity contribution in [3.05, 3.63) is 28.8 Å². The highest BCUT2D eigenvalue weighted by atomic mass is 35.5. The third kappa shape index (κ3) is 2.56. The molecule has 0 aliphatic carbocycles. The number of nitrogens with one attached hydrogen (secondary N) is 1. The first-order valence-electron chi connectivity index (χ1n) is 4.34. The Balaban J connectivity index is 3.08. The summed E-state index contributed by atoms with van der Waals surface area (Å²) in [5.41, 5.74) is 1.04. The number of methoxy groups -OCH3 is 1. The van der Waals surface area contributed by atoms with E-state index in [1.54, 1.807) is 7.11 Å². The van der Waals surface area contributed by atoms with Gasteiger partial charge in [0.25, 0.3) is 0 Å². The van der Waals surface area contributed by atoms with Gasteiger partial charge in [0, 0.05) is 22.4 Å². The molecule has 4 heteroatoms. The molecule has 1 aromatic carbocycles. The zero-order valence-corrected chi connectivity index (χ0v) is 9.90. The Morgan fingerprint density at radius 1 is 1.57 bits per heavy atom. The molecule has 0 saturated carbocycles. The maximum atomic E-state index is 5.92. The monoisotopic (exact) mass is 231 g/mol. The lowest BCUT2D eigenvalue weighted by molar-refractivity contribution is 0.404. The van der Waals surface area contributed by atoms with Crippen molar-refractivity contribution >= 4 is 24.2 Å². The van der Waals surface area contributed by atoms with Crippen LogP contribution in [0.25, 0.3) is 0 Å². The molecule has 1 unspecified atom stereocenters. The minimum Gasteiger partial charge on any atom is -0.496 e. The number of hydrogen-bond acceptors (Lipinski definition) is 3. The summed E-state index contributed by atoms with van der Waals surface area (Å²) in [6.07, 6.45) is 0. The molecule has 0 radical (unpaired) electrons. The highest BCUT2D eigenvalue weighted by molar-refractivity contribution is 7.80. The lowest BCUT2D eigenvalue weighted by Gasteiger charge is -2.17. The van der Waals surface area contributed by atoms with Crippen LogP contribution in [0.4, 0.5) is 0 Å². The van der Waals surface area contributed by atoms with Gasteiger partial charge in [0.1, 0.15) is 5.75 Å². The molecule has 78 valence electrons. The molecule has 0 aromatic heterocycles. The van der Waals surface area contributed by atoms with Crippen LogP contribution in [0.1, 0.15) is 11.6 Å². The molecule has 1 atom stereocenters. The van der Waals surface area contributed by atoms with E-state index in [0.29, 0.717) is 10.8 Å². The second-order valence-corrected chi connectivity index (χ2v) is 3.71. The van der Waals surface area contributed by atoms with Gasteiger partial charge in [-0.2, -0.15) is 12.6 Å². The molecule has 14 heavy (non-hydrogen) atoms. The van der Waals surface area contributed by atoms with Gasteiger partial charge in [0.15, 0.2) is 0 Å². The molecule has 0 saturated heterocycles. The fraction of sp³-hybridized carbons (Fsp3) is 0.400. The average molecular weight is 232 g/mol. The van der Waals surface area contributed by atoms with Crippen molar-refractivity contribution in [1.29, 1.82) is 0 Å². The topological polar surface area (TPSA) is 21.3 Å². The summed E-state index contributed by atoms with van der Waals surface area (Å²) in [6.45, 7) is 0. The number of ether oxygens (including phenoxy) is 1. The first-order chi connectivity index (χ1) is 6.72. The molecular weight excluding hydrogens is 218 g/mol. The largest absolute Gasteiger partial charge is 0.496 e. The number of thiol groups is 1. The predicted octanol–water partition coefficient (Wildman–Crippen LogP) is 2.54. The van der Waals surface area contributed by atoms with Crippen LogP contribution in [0.15, 0.2) is 18.2 Å². The van der Waals surface area contributed by atoms with Crippen LogP contribution in [0, 0.1) is 0 Å². The van der Waals surface area contributed by atoms with Crippen molar-refractivity contribution in [1.82, 2.24) is 5.32 Å². The van der Waals surface area contributed by atoms with Crippen LogP contribution in [-0.4, -0.2) is 19.9 Å². The van der Waals surface area contributed by atoms with E-state index in [9.17, 15) is 0 Å². The number of benzene rings is 1. The Kier molecular flexibility index (Phi) is 4.58. The lowest BCUT2D eigenvalue weighted by atomic mass is 10.1. The Hall–Kier alpha value is -0.380. The lowest BCUT2D eigenvalue weighted by Crippen LogP contribution is -2.18. The van der Waals surface area contributed by atoms with Gasteiger partial charge in [-0.1, -0.05) is 11.6 Å². The fourth-order valence-electron chi connectivity index (χ4n) is 1.32. The molecule has 1 N–H and O–H groups in total. The van der Waals surface area contributed by atoms with Gasteiger partial charge in [-0.25, -0.2) is 0 Å². The van der Waals surface area contributed by atoms with Gasteiger partial charge >= 0.3 is 0 Å². The van der Waals surface area contributed by atoms with Crippen molar-refractivity contribution in [2.75, 3.05) is 19.9 Å². The Labute approximate surface area is 95.0 Å². The minimum atomic E-state index is 0.159. The van der Waals surface area contributed by atoms with Crippen molar-refractivity contribution in [3.63, 3.8) is 0 Å². The number of rotatable bonds is 4. The maximum absolute atomic E-state index is 5.92. The van der Waals surface area contributed by atoms with Crippen LogP contribution in [0.2, 0.25) is 5.02 Å². The Bertz CT molecular complexity index is 302. The summed E-state index contributed by atoms with van der Waals surface area (Å²) in [5, 5.41) is 3.87. The predicted molar refractivity (Wildman–Crippen MR) is 63.7 cm³/mol. The summed E-state index contributed by atoms with van der Waals surface area (Å²) in [7, 11) is 3.54. The van der Waals surface area contributed by atoms with Gasteiger partial charge in [-0.3, -0.25) is 0 Å². The van der Waals surface area contributed by atoms with Gasteiger partial charge in [0.05, 0.1) is 7.11 Å². The molecule has 0 aliphatic heterocycles. The van der Waals surface area contributed by atoms with Crippen LogP contribution < -0.4 is 10.1 Å². The van der Waals surface area contributed by atoms with E-state index in [-0.39, 0.29) is 6.04 Å². The van der Waals surface area contributed by atoms with Crippen LogP contribution in [0.3, 0.4) is 0 Å². The molecule has 0 bridgehead atoms. The van der Waals surface area contributed by atoms with Crippen molar-refractivity contribution in [2.45, 2.75) is 6.04 Å². The first-order valence-corrected chi connectivity index (χ1v) is 5.35. The molecule has 1 aromatic rings. The van der Waals surface area contributed by atoms with Crippen molar-refractivity contribution in [2.24, 2.45) is 0 Å². The second kappa shape index (κ2) is 5.49. The van der Waals surface area contributed by atoms with Crippen molar-refractivity contribution < 1.29 is 4.74 Å². The zero-order valence-electron chi connectivity index (χ0n) is 8.25. The summed E-state index contributed by atoms with van der Waals surface area (Å²) < 4.78 is 5.25. The fourth-order valence-corrected chi connectivity index (χ4v) is 1.88. The molecule has 0 heterocycles. The van der Waals surface area contributed by atoms with E-state index in [0.717, 1.165) is 11.3 Å². The number of hydrogen-bond donors (Lipinski definition) is 2. The highest BCUT2D eigenvalue weighted by Crippen LogP contribution is 2.28. The number of halogens is 1. The quantitative estimate of drug-likeness (QED) is 0.778. The molecule has 1 rings (SSSR count). The van der Waals surface area contributed by atoms with Gasteiger partial charge in [-0.15, -0.1) is 0 Å². The SMILES string of the molecule is CNC(CS)c1cc(Cl)ccc1OC. The van der Waals surface area contributed by atoms with Crippen LogP contribution in [-0.2, 0) is 0 Å². The first kappa shape index (κ1) is 11.7. The maximum Gasteiger partial charge on any atom is 0.123 e. The molecule has 0 spiro atoms. The molecular formula is C10H14ClNOS. The standard InChI is InChI=1S/C10H14ClNOS/c1-12-9(6-14)8-5-7(11)3-4-10(8)13-2/h3-5,9,12,14H,6H2,1-2H3. The Morgan fingerprint density at radius 3 is 2.79 bits per heavy atom. The van der Waals surface area contributed by atoms with E-state index in [4.69, 9.17) is 16.3 Å². The Morgan fingerprint density at radius 2 is 2.29 bits per heavy atom. The van der Waals surface area contributed by atoms with E-state index in [1.807, 2.05) is 25.2 Å². The second-order valence-electron chi connectivity index (χ2n) is 2.91. The van der Waals surface area contributed by atoms with Gasteiger partial charge in [-0.05, 0) is 25.2 Å². The molecule has 2 nitrogen and oxygen atoms in total. The zero-order chi connectivity index (χ0) is 10.6. The van der Waals surface area contributed by atoms with Crippen molar-refractivity contribution in [3.8, 4) is 5.75 Å². The normalized spacial score (nSPS) is 12.6. The molecule has 0 fully saturated rings. The van der Waals surface area contributed by atoms with E-state index < -0.39 is 0 Å². The van der Waals surface area contributed by atoms with E-state index in [1.165, 1.54) is 0 Å². The van der Waals surface area contributed by atoms with Crippen LogP contribution in [0.5, 0.6) is 5.75 Å². The molecule has 0 amide bonds. The summed E-state index contributed by atoms with van der Waals surface area (Å²) >= 11 is 10.2. The smallest absolute Gasteiger partial charge is 0.123 e. The van der Waals surface area contributed by atoms with Crippen LogP contribution >= 0.6 is 24.2 Å². The minimum absolute atomic E-state index is 0.159. The van der Waals surface area contributed by atoms with Gasteiger partial charge in [0.2, 0.25) is 0 Å². The molecule has 0 aliphatic rings. The summed E-state index contributed by atoms with van der Waals surface area (Å²) in [6, 6.07) is 5.74. The average Bonchev–Trinajstić information content (AvgIpc) is 2.20. The van der Waals surface area contributed by atoms with Gasteiger partial charge < -0.3 is 10.1 Å². The third-order valence-corrected chi connectivity index (χ3v) is 2.70. The summed E-state index contributed by atoms with van der Waals surface area (Å²) in [4.78, 5) is 0. The summed E-state index contributed by atoms with van der Waals surface area (Å²) in [5.74, 6) is 1.54. The van der Waals surface area contributed by atoms with E-state index in [2.05, 4.69) is 17.9 Å².